The lowest BCUT2D eigenvalue weighted by molar-refractivity contribution is -0.140. The van der Waals surface area contributed by atoms with Gasteiger partial charge in [0.25, 0.3) is 0 Å². The molecule has 0 aliphatic carbocycles. The molecule has 0 atom stereocenters. The van der Waals surface area contributed by atoms with E-state index in [0.29, 0.717) is 13.0 Å². The maximum Gasteiger partial charge on any atom is 0.354 e. The summed E-state index contributed by atoms with van der Waals surface area (Å²) < 4.78 is 5.14. The Hall–Kier alpha value is -1.32. The largest absolute Gasteiger partial charge is 0.461 e. The van der Waals surface area contributed by atoms with Crippen LogP contribution in [0.25, 0.3) is 0 Å². The molecule has 164 valence electrons. The molecule has 28 heavy (non-hydrogen) atoms. The first-order valence-corrected chi connectivity index (χ1v) is 11.8. The predicted molar refractivity (Wildman–Crippen MR) is 118 cm³/mol. The topological polar surface area (TPSA) is 55.4 Å². The molecule has 0 aliphatic rings. The number of hydrogen-bond donors (Lipinski definition) is 1. The fourth-order valence-corrected chi connectivity index (χ4v) is 3.14. The lowest BCUT2D eigenvalue weighted by Gasteiger charge is -2.09. The Labute approximate surface area is 173 Å². The number of nitrogens with one attached hydrogen (secondary N) is 1. The van der Waals surface area contributed by atoms with Gasteiger partial charge in [-0.2, -0.15) is 0 Å². The standard InChI is InChI=1S/C24H45NO3/c1-4-7-9-10-11-12-13-14-15-16-17-18-19-20-23(26)25-22(6-3)24(27)28-21-8-5-2/h6H,4-5,7-21H2,1-3H3,(H,25,26). The molecule has 0 saturated heterocycles. The van der Waals surface area contributed by atoms with Gasteiger partial charge in [0.05, 0.1) is 6.61 Å². The zero-order valence-corrected chi connectivity index (χ0v) is 18.8. The van der Waals surface area contributed by atoms with E-state index in [1.807, 2.05) is 6.92 Å². The number of unbranched alkanes of at least 4 members (excludes halogenated alkanes) is 13. The van der Waals surface area contributed by atoms with Crippen molar-refractivity contribution >= 4 is 11.9 Å². The van der Waals surface area contributed by atoms with Crippen LogP contribution >= 0.6 is 0 Å². The number of hydrogen-bond acceptors (Lipinski definition) is 3. The molecule has 0 aromatic carbocycles. The van der Waals surface area contributed by atoms with Crippen LogP contribution in [0.15, 0.2) is 11.8 Å². The van der Waals surface area contributed by atoms with Crippen LogP contribution in [0.4, 0.5) is 0 Å². The molecular weight excluding hydrogens is 350 g/mol. The van der Waals surface area contributed by atoms with Crippen molar-refractivity contribution in [3.05, 3.63) is 11.8 Å². The summed E-state index contributed by atoms with van der Waals surface area (Å²) in [5.41, 5.74) is 0.260. The Morgan fingerprint density at radius 3 is 1.64 bits per heavy atom. The van der Waals surface area contributed by atoms with E-state index in [2.05, 4.69) is 12.2 Å². The van der Waals surface area contributed by atoms with Gasteiger partial charge in [0, 0.05) is 6.42 Å². The summed E-state index contributed by atoms with van der Waals surface area (Å²) in [7, 11) is 0. The Balaban J connectivity index is 3.55. The summed E-state index contributed by atoms with van der Waals surface area (Å²) in [6.45, 7) is 6.45. The fraction of sp³-hybridized carbons (Fsp3) is 0.833. The van der Waals surface area contributed by atoms with Gasteiger partial charge in [0.1, 0.15) is 5.70 Å². The van der Waals surface area contributed by atoms with Gasteiger partial charge in [-0.15, -0.1) is 0 Å². The van der Waals surface area contributed by atoms with Crippen molar-refractivity contribution in [2.24, 2.45) is 0 Å². The summed E-state index contributed by atoms with van der Waals surface area (Å²) in [4.78, 5) is 23.9. The average Bonchev–Trinajstić information content (AvgIpc) is 2.69. The minimum Gasteiger partial charge on any atom is -0.461 e. The van der Waals surface area contributed by atoms with Crippen LogP contribution in [0.2, 0.25) is 0 Å². The predicted octanol–water partition coefficient (Wildman–Crippen LogP) is 6.83. The molecule has 0 bridgehead atoms. The van der Waals surface area contributed by atoms with E-state index in [1.165, 1.54) is 70.6 Å². The van der Waals surface area contributed by atoms with E-state index in [-0.39, 0.29) is 11.6 Å². The Morgan fingerprint density at radius 1 is 0.714 bits per heavy atom. The lowest BCUT2D eigenvalue weighted by Crippen LogP contribution is -2.28. The van der Waals surface area contributed by atoms with Gasteiger partial charge >= 0.3 is 5.97 Å². The van der Waals surface area contributed by atoms with Crippen molar-refractivity contribution in [1.82, 2.24) is 5.32 Å². The molecule has 0 radical (unpaired) electrons. The molecule has 0 saturated carbocycles. The van der Waals surface area contributed by atoms with Crippen molar-refractivity contribution in [2.45, 2.75) is 124 Å². The first-order chi connectivity index (χ1) is 13.7. The molecule has 1 N–H and O–H groups in total. The normalized spacial score (nSPS) is 11.5. The molecule has 0 aliphatic heterocycles. The monoisotopic (exact) mass is 395 g/mol. The lowest BCUT2D eigenvalue weighted by atomic mass is 10.0. The smallest absolute Gasteiger partial charge is 0.354 e. The maximum absolute atomic E-state index is 12.0. The molecule has 4 nitrogen and oxygen atoms in total. The summed E-state index contributed by atoms with van der Waals surface area (Å²) >= 11 is 0. The van der Waals surface area contributed by atoms with E-state index >= 15 is 0 Å². The molecule has 0 spiro atoms. The Bertz CT molecular complexity index is 418. The first kappa shape index (κ1) is 26.7. The molecule has 0 unspecified atom stereocenters. The van der Waals surface area contributed by atoms with E-state index < -0.39 is 5.97 Å². The highest BCUT2D eigenvalue weighted by molar-refractivity contribution is 5.93. The number of rotatable bonds is 19. The maximum atomic E-state index is 12.0. The summed E-state index contributed by atoms with van der Waals surface area (Å²) in [5, 5.41) is 2.68. The number of carbonyl (C=O) groups excluding carboxylic acids is 2. The number of ether oxygens (including phenoxy) is 1. The minimum atomic E-state index is -0.435. The fourth-order valence-electron chi connectivity index (χ4n) is 3.14. The third-order valence-electron chi connectivity index (χ3n) is 5.02. The molecule has 0 aromatic heterocycles. The third kappa shape index (κ3) is 16.8. The van der Waals surface area contributed by atoms with Crippen molar-refractivity contribution < 1.29 is 14.3 Å². The van der Waals surface area contributed by atoms with Crippen LogP contribution in [-0.4, -0.2) is 18.5 Å². The van der Waals surface area contributed by atoms with Gasteiger partial charge in [-0.3, -0.25) is 4.79 Å². The highest BCUT2D eigenvalue weighted by Gasteiger charge is 2.13. The zero-order valence-electron chi connectivity index (χ0n) is 18.8. The van der Waals surface area contributed by atoms with Gasteiger partial charge < -0.3 is 10.1 Å². The molecule has 0 rings (SSSR count). The van der Waals surface area contributed by atoms with Gasteiger partial charge in [-0.05, 0) is 19.8 Å². The van der Waals surface area contributed by atoms with Crippen LogP contribution in [0, 0.1) is 0 Å². The number of amides is 1. The van der Waals surface area contributed by atoms with Crippen molar-refractivity contribution in [3.63, 3.8) is 0 Å². The second-order valence-electron chi connectivity index (χ2n) is 7.73. The second-order valence-corrected chi connectivity index (χ2v) is 7.73. The van der Waals surface area contributed by atoms with Crippen molar-refractivity contribution in [1.29, 1.82) is 0 Å². The Kier molecular flexibility index (Phi) is 19.5. The number of allylic oxidation sites excluding steroid dienone is 1. The van der Waals surface area contributed by atoms with Crippen molar-refractivity contribution in [3.8, 4) is 0 Å². The van der Waals surface area contributed by atoms with Gasteiger partial charge in [0.2, 0.25) is 5.91 Å². The number of esters is 1. The van der Waals surface area contributed by atoms with E-state index in [1.54, 1.807) is 13.0 Å². The third-order valence-corrected chi connectivity index (χ3v) is 5.02. The highest BCUT2D eigenvalue weighted by atomic mass is 16.5. The van der Waals surface area contributed by atoms with E-state index in [0.717, 1.165) is 25.7 Å². The quantitative estimate of drug-likeness (QED) is 0.148. The van der Waals surface area contributed by atoms with Crippen LogP contribution in [0.1, 0.15) is 124 Å². The van der Waals surface area contributed by atoms with Crippen LogP contribution in [0.3, 0.4) is 0 Å². The highest BCUT2D eigenvalue weighted by Crippen LogP contribution is 2.13. The molecule has 0 fully saturated rings. The van der Waals surface area contributed by atoms with E-state index in [9.17, 15) is 9.59 Å². The molecule has 0 heterocycles. The molecule has 4 heteroatoms. The molecular formula is C24H45NO3. The van der Waals surface area contributed by atoms with Gasteiger partial charge in [0.15, 0.2) is 0 Å². The average molecular weight is 396 g/mol. The van der Waals surface area contributed by atoms with Crippen LogP contribution in [0.5, 0.6) is 0 Å². The minimum absolute atomic E-state index is 0.0939. The van der Waals surface area contributed by atoms with Gasteiger partial charge in [-0.1, -0.05) is 103 Å². The molecule has 0 aromatic rings. The SMILES string of the molecule is CC=C(NC(=O)CCCCCCCCCCCCCCC)C(=O)OCCCC. The van der Waals surface area contributed by atoms with Crippen molar-refractivity contribution in [2.75, 3.05) is 6.61 Å². The summed E-state index contributed by atoms with van der Waals surface area (Å²) in [6, 6.07) is 0. The van der Waals surface area contributed by atoms with Crippen LogP contribution < -0.4 is 5.32 Å². The summed E-state index contributed by atoms with van der Waals surface area (Å²) in [5.74, 6) is -0.529. The molecule has 1 amide bonds. The van der Waals surface area contributed by atoms with E-state index in [4.69, 9.17) is 4.74 Å². The first-order valence-electron chi connectivity index (χ1n) is 11.8. The number of carbonyl (C=O) groups is 2. The summed E-state index contributed by atoms with van der Waals surface area (Å²) in [6.07, 6.45) is 20.6. The van der Waals surface area contributed by atoms with Gasteiger partial charge in [-0.25, -0.2) is 4.79 Å². The Morgan fingerprint density at radius 2 is 1.18 bits per heavy atom. The zero-order chi connectivity index (χ0) is 20.9. The van der Waals surface area contributed by atoms with Crippen LogP contribution in [-0.2, 0) is 14.3 Å². The second kappa shape index (κ2) is 20.4.